The number of primary amides is 1. The maximum atomic E-state index is 14.3. The summed E-state index contributed by atoms with van der Waals surface area (Å²) in [6.45, 7) is 5.40. The first-order valence-electron chi connectivity index (χ1n) is 12.8. The molecule has 6 rings (SSSR count). The fourth-order valence-corrected chi connectivity index (χ4v) is 6.43. The molecule has 3 heterocycles. The lowest BCUT2D eigenvalue weighted by Crippen LogP contribution is -2.49. The Bertz CT molecular complexity index is 1210. The van der Waals surface area contributed by atoms with E-state index in [-0.39, 0.29) is 23.3 Å². The molecule has 4 fully saturated rings. The molecule has 2 aromatic rings. The fraction of sp³-hybridized carbons (Fsp3) is 0.500. The van der Waals surface area contributed by atoms with Crippen molar-refractivity contribution in [3.05, 3.63) is 64.2 Å². The van der Waals surface area contributed by atoms with Crippen LogP contribution in [0, 0.1) is 5.41 Å². The Hall–Kier alpha value is -2.61. The van der Waals surface area contributed by atoms with Crippen LogP contribution in [0.4, 0.5) is 5.69 Å². The largest absolute Gasteiger partial charge is 0.380 e. The van der Waals surface area contributed by atoms with Crippen LogP contribution in [-0.4, -0.2) is 74.6 Å². The Kier molecular flexibility index (Phi) is 5.78. The number of hydrogen-bond acceptors (Lipinski definition) is 5. The zero-order chi connectivity index (χ0) is 25.1. The van der Waals surface area contributed by atoms with E-state index in [9.17, 15) is 9.59 Å². The van der Waals surface area contributed by atoms with Gasteiger partial charge in [-0.15, -0.1) is 0 Å². The summed E-state index contributed by atoms with van der Waals surface area (Å²) in [7, 11) is 2.08. The number of benzene rings is 2. The maximum Gasteiger partial charge on any atom is 0.256 e. The summed E-state index contributed by atoms with van der Waals surface area (Å²) in [5, 5.41) is 0.676. The van der Waals surface area contributed by atoms with E-state index in [4.69, 9.17) is 22.1 Å². The van der Waals surface area contributed by atoms with Gasteiger partial charge in [0, 0.05) is 48.8 Å². The Morgan fingerprint density at radius 2 is 1.83 bits per heavy atom. The van der Waals surface area contributed by atoms with Gasteiger partial charge in [-0.25, -0.2) is 0 Å². The number of carbonyl (C=O) groups is 2. The molecule has 36 heavy (non-hydrogen) atoms. The Morgan fingerprint density at radius 3 is 2.47 bits per heavy atom. The normalized spacial score (nSPS) is 24.6. The van der Waals surface area contributed by atoms with Gasteiger partial charge in [-0.2, -0.15) is 0 Å². The third-order valence-corrected chi connectivity index (χ3v) is 9.05. The van der Waals surface area contributed by atoms with E-state index in [1.165, 1.54) is 0 Å². The minimum Gasteiger partial charge on any atom is -0.380 e. The van der Waals surface area contributed by atoms with Crippen LogP contribution in [0.2, 0.25) is 5.02 Å². The molecule has 2 amide bonds. The van der Waals surface area contributed by atoms with Gasteiger partial charge in [-0.1, -0.05) is 35.9 Å². The average Bonchev–Trinajstić information content (AvgIpc) is 3.54. The SMILES string of the molecule is CN1CCN(C(=O)c2ccc(C3(C(N)=O)CC3)cc2N2CCC3(COC3)C2)C(c2ccccc2Cl)C1. The topological polar surface area (TPSA) is 79.1 Å². The average molecular weight is 509 g/mol. The van der Waals surface area contributed by atoms with Gasteiger partial charge in [0.1, 0.15) is 0 Å². The smallest absolute Gasteiger partial charge is 0.256 e. The van der Waals surface area contributed by atoms with Crippen LogP contribution in [0.5, 0.6) is 0 Å². The Labute approximate surface area is 217 Å². The van der Waals surface area contributed by atoms with Crippen LogP contribution in [0.15, 0.2) is 42.5 Å². The van der Waals surface area contributed by atoms with Crippen molar-refractivity contribution < 1.29 is 14.3 Å². The van der Waals surface area contributed by atoms with Gasteiger partial charge < -0.3 is 25.2 Å². The molecule has 0 radical (unpaired) electrons. The second-order valence-electron chi connectivity index (χ2n) is 11.1. The number of anilines is 1. The van der Waals surface area contributed by atoms with Gasteiger partial charge in [-0.05, 0) is 55.6 Å². The third-order valence-electron chi connectivity index (χ3n) is 8.71. The lowest BCUT2D eigenvalue weighted by molar-refractivity contribution is -0.120. The molecule has 2 aromatic carbocycles. The highest BCUT2D eigenvalue weighted by Gasteiger charge is 2.51. The van der Waals surface area contributed by atoms with E-state index < -0.39 is 5.41 Å². The van der Waals surface area contributed by atoms with Gasteiger partial charge in [-0.3, -0.25) is 9.59 Å². The second kappa shape index (κ2) is 8.75. The molecule has 4 aliphatic rings. The minimum absolute atomic E-state index is 0.00398. The Balaban J connectivity index is 1.39. The predicted octanol–water partition coefficient (Wildman–Crippen LogP) is 3.21. The van der Waals surface area contributed by atoms with E-state index in [2.05, 4.69) is 22.9 Å². The molecule has 1 saturated carbocycles. The van der Waals surface area contributed by atoms with Crippen LogP contribution in [0.1, 0.15) is 46.8 Å². The van der Waals surface area contributed by atoms with Crippen molar-refractivity contribution in [3.63, 3.8) is 0 Å². The van der Waals surface area contributed by atoms with Crippen molar-refractivity contribution in [3.8, 4) is 0 Å². The lowest BCUT2D eigenvalue weighted by atomic mass is 9.85. The van der Waals surface area contributed by atoms with Gasteiger partial charge >= 0.3 is 0 Å². The number of rotatable bonds is 5. The molecule has 1 unspecified atom stereocenters. The van der Waals surface area contributed by atoms with E-state index >= 15 is 0 Å². The maximum absolute atomic E-state index is 14.3. The van der Waals surface area contributed by atoms with Crippen LogP contribution < -0.4 is 10.6 Å². The minimum atomic E-state index is -0.596. The Morgan fingerprint density at radius 1 is 1.06 bits per heavy atom. The van der Waals surface area contributed by atoms with Gasteiger partial charge in [0.2, 0.25) is 5.91 Å². The number of ether oxygens (including phenoxy) is 1. The molecule has 7 nitrogen and oxygen atoms in total. The molecule has 0 bridgehead atoms. The quantitative estimate of drug-likeness (QED) is 0.671. The van der Waals surface area contributed by atoms with Crippen molar-refractivity contribution in [2.45, 2.75) is 30.7 Å². The molecule has 8 heteroatoms. The molecule has 2 N–H and O–H groups in total. The number of nitrogens with zero attached hydrogens (tertiary/aromatic N) is 3. The van der Waals surface area contributed by atoms with Gasteiger partial charge in [0.25, 0.3) is 5.91 Å². The number of likely N-dealkylation sites (N-methyl/N-ethyl adjacent to an activating group) is 1. The molecular formula is C28H33ClN4O3. The third kappa shape index (κ3) is 3.88. The first-order valence-corrected chi connectivity index (χ1v) is 13.2. The highest BCUT2D eigenvalue weighted by molar-refractivity contribution is 6.31. The van der Waals surface area contributed by atoms with Crippen molar-refractivity contribution in [2.75, 3.05) is 57.9 Å². The van der Waals surface area contributed by atoms with Crippen LogP contribution in [-0.2, 0) is 14.9 Å². The van der Waals surface area contributed by atoms with Crippen LogP contribution in [0.3, 0.4) is 0 Å². The second-order valence-corrected chi connectivity index (χ2v) is 11.5. The summed E-state index contributed by atoms with van der Waals surface area (Å²) >= 11 is 6.60. The van der Waals surface area contributed by atoms with E-state index in [1.807, 2.05) is 41.3 Å². The first kappa shape index (κ1) is 23.8. The molecule has 190 valence electrons. The number of halogens is 1. The summed E-state index contributed by atoms with van der Waals surface area (Å²) < 4.78 is 5.54. The standard InChI is InChI=1S/C28H33ClN4O3/c1-31-12-13-33(24(15-31)20-4-2-3-5-22(20)29)25(34)21-7-6-19(28(8-9-28)26(30)35)14-23(21)32-11-10-27(16-32)17-36-18-27/h2-7,14,24H,8-13,15-18H2,1H3,(H2,30,35). The van der Waals surface area contributed by atoms with Crippen LogP contribution in [0.25, 0.3) is 0 Å². The fourth-order valence-electron chi connectivity index (χ4n) is 6.17. The van der Waals surface area contributed by atoms with Gasteiger partial charge in [0.05, 0.1) is 30.2 Å². The summed E-state index contributed by atoms with van der Waals surface area (Å²) in [5.74, 6) is -0.278. The number of carbonyl (C=O) groups excluding carboxylic acids is 2. The molecule has 3 saturated heterocycles. The van der Waals surface area contributed by atoms with Gasteiger partial charge in [0.15, 0.2) is 0 Å². The summed E-state index contributed by atoms with van der Waals surface area (Å²) in [5.41, 5.74) is 8.86. The number of piperazine rings is 1. The van der Waals surface area contributed by atoms with Crippen molar-refractivity contribution in [1.82, 2.24) is 9.80 Å². The van der Waals surface area contributed by atoms with E-state index in [0.717, 1.165) is 75.5 Å². The zero-order valence-corrected chi connectivity index (χ0v) is 21.5. The number of nitrogens with two attached hydrogens (primary N) is 1. The van der Waals surface area contributed by atoms with Crippen molar-refractivity contribution in [1.29, 1.82) is 0 Å². The molecular weight excluding hydrogens is 476 g/mol. The molecule has 1 spiro atoms. The molecule has 0 aromatic heterocycles. The summed E-state index contributed by atoms with van der Waals surface area (Å²) in [4.78, 5) is 33.1. The molecule has 1 aliphatic carbocycles. The summed E-state index contributed by atoms with van der Waals surface area (Å²) in [6.07, 6.45) is 2.57. The lowest BCUT2D eigenvalue weighted by Gasteiger charge is -2.41. The highest BCUT2D eigenvalue weighted by Crippen LogP contribution is 2.50. The molecule has 1 atom stereocenters. The monoisotopic (exact) mass is 508 g/mol. The van der Waals surface area contributed by atoms with Crippen molar-refractivity contribution in [2.24, 2.45) is 11.1 Å². The van der Waals surface area contributed by atoms with Crippen LogP contribution >= 0.6 is 11.6 Å². The summed E-state index contributed by atoms with van der Waals surface area (Å²) in [6, 6.07) is 13.6. The van der Waals surface area contributed by atoms with Crippen molar-refractivity contribution >= 4 is 29.1 Å². The number of amides is 2. The molecule has 3 aliphatic heterocycles. The number of hydrogen-bond donors (Lipinski definition) is 1. The first-order chi connectivity index (χ1) is 17.3. The van der Waals surface area contributed by atoms with E-state index in [1.54, 1.807) is 0 Å². The zero-order valence-electron chi connectivity index (χ0n) is 20.7. The van der Waals surface area contributed by atoms with E-state index in [0.29, 0.717) is 17.1 Å². The highest BCUT2D eigenvalue weighted by atomic mass is 35.5. The predicted molar refractivity (Wildman–Crippen MR) is 139 cm³/mol.